The smallest absolute Gasteiger partial charge is 0.227 e. The molecule has 23 heavy (non-hydrogen) atoms. The molecule has 2 rings (SSSR count). The molecule has 1 N–H and O–H groups in total. The average Bonchev–Trinajstić information content (AvgIpc) is 2.57. The lowest BCUT2D eigenvalue weighted by atomic mass is 9.94. The van der Waals surface area contributed by atoms with E-state index in [4.69, 9.17) is 11.6 Å². The minimum atomic E-state index is -0.512. The van der Waals surface area contributed by atoms with Crippen LogP contribution in [-0.2, 0) is 9.59 Å². The molecule has 1 heterocycles. The first-order valence-corrected chi connectivity index (χ1v) is 8.34. The van der Waals surface area contributed by atoms with Crippen LogP contribution in [0.2, 0.25) is 5.02 Å². The van der Waals surface area contributed by atoms with Gasteiger partial charge in [0, 0.05) is 30.6 Å². The Morgan fingerprint density at radius 1 is 1.39 bits per heavy atom. The van der Waals surface area contributed by atoms with E-state index in [1.165, 1.54) is 18.2 Å². The lowest BCUT2D eigenvalue weighted by Crippen LogP contribution is -2.43. The van der Waals surface area contributed by atoms with E-state index >= 15 is 0 Å². The number of carbonyl (C=O) groups excluding carboxylic acids is 2. The minimum absolute atomic E-state index is 0.0169. The predicted molar refractivity (Wildman–Crippen MR) is 88.8 cm³/mol. The second-order valence-corrected chi connectivity index (χ2v) is 6.43. The molecule has 1 fully saturated rings. The van der Waals surface area contributed by atoms with Gasteiger partial charge in [-0.2, -0.15) is 0 Å². The molecule has 0 aliphatic carbocycles. The molecule has 0 unspecified atom stereocenters. The number of rotatable bonds is 4. The van der Waals surface area contributed by atoms with Gasteiger partial charge in [-0.15, -0.1) is 0 Å². The summed E-state index contributed by atoms with van der Waals surface area (Å²) in [6.45, 7) is 5.13. The van der Waals surface area contributed by atoms with E-state index in [9.17, 15) is 14.0 Å². The van der Waals surface area contributed by atoms with Crippen LogP contribution in [0.1, 0.15) is 33.1 Å². The Kier molecular flexibility index (Phi) is 5.99. The maximum absolute atomic E-state index is 13.1. The lowest BCUT2D eigenvalue weighted by molar-refractivity contribution is -0.138. The summed E-state index contributed by atoms with van der Waals surface area (Å²) in [5, 5.41) is 2.75. The highest BCUT2D eigenvalue weighted by Gasteiger charge is 2.28. The summed E-state index contributed by atoms with van der Waals surface area (Å²) in [4.78, 5) is 26.3. The molecule has 1 aliphatic rings. The Bertz CT molecular complexity index is 586. The van der Waals surface area contributed by atoms with Gasteiger partial charge in [0.25, 0.3) is 0 Å². The molecule has 0 aromatic heterocycles. The maximum atomic E-state index is 13.1. The predicted octanol–water partition coefficient (Wildman–Crippen LogP) is 3.70. The molecular weight excluding hydrogens is 319 g/mol. The van der Waals surface area contributed by atoms with Gasteiger partial charge < -0.3 is 10.2 Å². The molecule has 2 amide bonds. The zero-order valence-electron chi connectivity index (χ0n) is 13.4. The van der Waals surface area contributed by atoms with Gasteiger partial charge in [0.1, 0.15) is 5.82 Å². The average molecular weight is 341 g/mol. The van der Waals surface area contributed by atoms with Crippen LogP contribution < -0.4 is 5.32 Å². The second-order valence-electron chi connectivity index (χ2n) is 6.03. The van der Waals surface area contributed by atoms with Gasteiger partial charge in [-0.05, 0) is 37.5 Å². The Hall–Kier alpha value is -1.62. The second kappa shape index (κ2) is 7.77. The van der Waals surface area contributed by atoms with E-state index in [2.05, 4.69) is 5.32 Å². The van der Waals surface area contributed by atoms with Gasteiger partial charge in [-0.25, -0.2) is 4.39 Å². The SMILES string of the molecule is CC[C@H](C)C(=O)N1CCC(C(=O)Nc2ccc(F)c(Cl)c2)CC1. The number of hydrogen-bond acceptors (Lipinski definition) is 2. The van der Waals surface area contributed by atoms with E-state index in [1.54, 1.807) is 0 Å². The molecule has 6 heteroatoms. The first kappa shape index (κ1) is 17.7. The normalized spacial score (nSPS) is 17.0. The number of benzene rings is 1. The van der Waals surface area contributed by atoms with Crippen molar-refractivity contribution >= 4 is 29.1 Å². The van der Waals surface area contributed by atoms with Crippen molar-refractivity contribution in [1.82, 2.24) is 4.90 Å². The van der Waals surface area contributed by atoms with Crippen LogP contribution in [0.15, 0.2) is 18.2 Å². The number of halogens is 2. The third kappa shape index (κ3) is 4.44. The van der Waals surface area contributed by atoms with E-state index in [0.29, 0.717) is 31.6 Å². The monoisotopic (exact) mass is 340 g/mol. The summed E-state index contributed by atoms with van der Waals surface area (Å²) in [5.74, 6) is -0.567. The fourth-order valence-electron chi connectivity index (χ4n) is 2.67. The molecule has 0 saturated carbocycles. The summed E-state index contributed by atoms with van der Waals surface area (Å²) in [6.07, 6.45) is 2.11. The van der Waals surface area contributed by atoms with E-state index in [-0.39, 0.29) is 28.7 Å². The van der Waals surface area contributed by atoms with Gasteiger partial charge in [0.05, 0.1) is 5.02 Å². The Morgan fingerprint density at radius 2 is 2.04 bits per heavy atom. The molecule has 1 saturated heterocycles. The van der Waals surface area contributed by atoms with E-state index in [0.717, 1.165) is 6.42 Å². The molecular formula is C17H22ClFN2O2. The van der Waals surface area contributed by atoms with Crippen molar-refractivity contribution < 1.29 is 14.0 Å². The van der Waals surface area contributed by atoms with Crippen molar-refractivity contribution in [2.75, 3.05) is 18.4 Å². The van der Waals surface area contributed by atoms with Crippen molar-refractivity contribution in [3.05, 3.63) is 29.0 Å². The maximum Gasteiger partial charge on any atom is 0.227 e. The summed E-state index contributed by atoms with van der Waals surface area (Å²) in [7, 11) is 0. The highest BCUT2D eigenvalue weighted by atomic mass is 35.5. The van der Waals surface area contributed by atoms with Gasteiger partial charge in [-0.1, -0.05) is 25.4 Å². The fourth-order valence-corrected chi connectivity index (χ4v) is 2.85. The van der Waals surface area contributed by atoms with E-state index < -0.39 is 5.82 Å². The zero-order chi connectivity index (χ0) is 17.0. The van der Waals surface area contributed by atoms with Crippen LogP contribution in [0, 0.1) is 17.7 Å². The summed E-state index contributed by atoms with van der Waals surface area (Å²) in [5.41, 5.74) is 0.486. The third-order valence-corrected chi connectivity index (χ3v) is 4.69. The Labute approximate surface area is 141 Å². The number of amides is 2. The Balaban J connectivity index is 1.88. The Morgan fingerprint density at radius 3 is 2.61 bits per heavy atom. The number of carbonyl (C=O) groups is 2. The van der Waals surface area contributed by atoms with Crippen LogP contribution in [0.25, 0.3) is 0 Å². The summed E-state index contributed by atoms with van der Waals surface area (Å²) in [6, 6.07) is 4.11. The highest BCUT2D eigenvalue weighted by Crippen LogP contribution is 2.23. The minimum Gasteiger partial charge on any atom is -0.342 e. The number of nitrogens with zero attached hydrogens (tertiary/aromatic N) is 1. The fraction of sp³-hybridized carbons (Fsp3) is 0.529. The molecule has 0 radical (unpaired) electrons. The van der Waals surface area contributed by atoms with Crippen LogP contribution >= 0.6 is 11.6 Å². The molecule has 0 bridgehead atoms. The van der Waals surface area contributed by atoms with Crippen molar-refractivity contribution in [2.45, 2.75) is 33.1 Å². The number of nitrogens with one attached hydrogen (secondary N) is 1. The van der Waals surface area contributed by atoms with Crippen LogP contribution in [0.5, 0.6) is 0 Å². The highest BCUT2D eigenvalue weighted by molar-refractivity contribution is 6.31. The number of hydrogen-bond donors (Lipinski definition) is 1. The summed E-state index contributed by atoms with van der Waals surface area (Å²) >= 11 is 5.71. The summed E-state index contributed by atoms with van der Waals surface area (Å²) < 4.78 is 13.1. The van der Waals surface area contributed by atoms with Gasteiger partial charge in [0.15, 0.2) is 0 Å². The molecule has 0 spiro atoms. The van der Waals surface area contributed by atoms with Crippen molar-refractivity contribution in [3.63, 3.8) is 0 Å². The number of likely N-dealkylation sites (tertiary alicyclic amines) is 1. The van der Waals surface area contributed by atoms with Crippen molar-refractivity contribution in [1.29, 1.82) is 0 Å². The molecule has 1 aromatic rings. The van der Waals surface area contributed by atoms with E-state index in [1.807, 2.05) is 18.7 Å². The number of piperidine rings is 1. The molecule has 1 atom stereocenters. The van der Waals surface area contributed by atoms with Gasteiger partial charge in [-0.3, -0.25) is 9.59 Å². The molecule has 126 valence electrons. The number of anilines is 1. The van der Waals surface area contributed by atoms with Crippen LogP contribution in [0.3, 0.4) is 0 Å². The largest absolute Gasteiger partial charge is 0.342 e. The zero-order valence-corrected chi connectivity index (χ0v) is 14.2. The van der Waals surface area contributed by atoms with Gasteiger partial charge in [0.2, 0.25) is 11.8 Å². The molecule has 4 nitrogen and oxygen atoms in total. The van der Waals surface area contributed by atoms with Gasteiger partial charge >= 0.3 is 0 Å². The van der Waals surface area contributed by atoms with Crippen molar-refractivity contribution in [2.24, 2.45) is 11.8 Å². The van der Waals surface area contributed by atoms with Crippen LogP contribution in [0.4, 0.5) is 10.1 Å². The quantitative estimate of drug-likeness (QED) is 0.908. The molecule has 1 aromatic carbocycles. The van der Waals surface area contributed by atoms with Crippen molar-refractivity contribution in [3.8, 4) is 0 Å². The first-order chi connectivity index (χ1) is 10.9. The lowest BCUT2D eigenvalue weighted by Gasteiger charge is -2.32. The standard InChI is InChI=1S/C17H22ClFN2O2/c1-3-11(2)17(23)21-8-6-12(7-9-21)16(22)20-13-4-5-15(19)14(18)10-13/h4-5,10-12H,3,6-9H2,1-2H3,(H,20,22)/t11-/m0/s1. The topological polar surface area (TPSA) is 49.4 Å². The molecule has 1 aliphatic heterocycles. The first-order valence-electron chi connectivity index (χ1n) is 7.97. The third-order valence-electron chi connectivity index (χ3n) is 4.40. The van der Waals surface area contributed by atoms with Crippen LogP contribution in [-0.4, -0.2) is 29.8 Å².